The summed E-state index contributed by atoms with van der Waals surface area (Å²) in [4.78, 5) is 18.8. The molecular weight excluding hydrogens is 316 g/mol. The second-order valence-corrected chi connectivity index (χ2v) is 7.84. The summed E-state index contributed by atoms with van der Waals surface area (Å²) in [6, 6.07) is 4.31. The van der Waals surface area contributed by atoms with Crippen LogP contribution in [0.2, 0.25) is 0 Å². The summed E-state index contributed by atoms with van der Waals surface area (Å²) >= 11 is 0. The molecule has 132 valence electrons. The molecule has 4 rings (SSSR count). The summed E-state index contributed by atoms with van der Waals surface area (Å²) in [6.07, 6.45) is 3.18. The highest BCUT2D eigenvalue weighted by molar-refractivity contribution is 5.98. The zero-order valence-electron chi connectivity index (χ0n) is 14.8. The largest absolute Gasteiger partial charge is 0.377 e. The molecule has 2 fully saturated rings. The maximum Gasteiger partial charge on any atom is 0.253 e. The highest BCUT2D eigenvalue weighted by Gasteiger charge is 2.51. The Hall–Kier alpha value is -2.13. The highest BCUT2D eigenvalue weighted by atomic mass is 16.5. The van der Waals surface area contributed by atoms with Crippen LogP contribution in [0.15, 0.2) is 6.07 Å². The number of rotatable bonds is 4. The molecule has 0 radical (unpaired) electrons. The number of nitrogens with zero attached hydrogens (tertiary/aromatic N) is 3. The van der Waals surface area contributed by atoms with Crippen LogP contribution in [-0.2, 0) is 11.3 Å². The van der Waals surface area contributed by atoms with E-state index < -0.39 is 0 Å². The van der Waals surface area contributed by atoms with E-state index in [0.717, 1.165) is 49.4 Å². The first-order chi connectivity index (χ1) is 12.0. The predicted molar refractivity (Wildman–Crippen MR) is 93.2 cm³/mol. The fourth-order valence-electron chi connectivity index (χ4n) is 3.86. The van der Waals surface area contributed by atoms with Crippen molar-refractivity contribution in [2.45, 2.75) is 45.8 Å². The number of nitriles is 1. The lowest BCUT2D eigenvalue weighted by molar-refractivity contribution is 0.0107. The number of aryl methyl sites for hydroxylation is 1. The Balaban J connectivity index is 1.35. The van der Waals surface area contributed by atoms with Crippen molar-refractivity contribution in [3.63, 3.8) is 0 Å². The van der Waals surface area contributed by atoms with Gasteiger partial charge in [0, 0.05) is 18.5 Å². The van der Waals surface area contributed by atoms with Gasteiger partial charge in [-0.1, -0.05) is 6.92 Å². The maximum atomic E-state index is 11.7. The van der Waals surface area contributed by atoms with Gasteiger partial charge in [0.05, 0.1) is 42.5 Å². The van der Waals surface area contributed by atoms with Gasteiger partial charge in [0.2, 0.25) is 0 Å². The van der Waals surface area contributed by atoms with Gasteiger partial charge < -0.3 is 15.0 Å². The topological polar surface area (TPSA) is 78.2 Å². The molecule has 1 amide bonds. The molecule has 1 saturated heterocycles. The van der Waals surface area contributed by atoms with E-state index in [9.17, 15) is 4.79 Å². The van der Waals surface area contributed by atoms with Crippen LogP contribution in [-0.4, -0.2) is 36.7 Å². The van der Waals surface area contributed by atoms with E-state index in [0.29, 0.717) is 18.7 Å². The van der Waals surface area contributed by atoms with Crippen molar-refractivity contribution in [1.82, 2.24) is 10.3 Å². The van der Waals surface area contributed by atoms with E-state index in [1.165, 1.54) is 0 Å². The van der Waals surface area contributed by atoms with E-state index in [2.05, 4.69) is 23.2 Å². The fraction of sp³-hybridized carbons (Fsp3) is 0.632. The number of hydrogen-bond acceptors (Lipinski definition) is 5. The molecule has 0 bridgehead atoms. The van der Waals surface area contributed by atoms with Gasteiger partial charge in [-0.2, -0.15) is 5.26 Å². The number of hydrogen-bond donors (Lipinski definition) is 1. The van der Waals surface area contributed by atoms with Crippen LogP contribution in [0.25, 0.3) is 0 Å². The average Bonchev–Trinajstić information content (AvgIpc) is 3.16. The normalized spacial score (nSPS) is 28.4. The molecule has 3 heterocycles. The van der Waals surface area contributed by atoms with Gasteiger partial charge in [-0.25, -0.2) is 4.98 Å². The van der Waals surface area contributed by atoms with Gasteiger partial charge in [0.15, 0.2) is 0 Å². The van der Waals surface area contributed by atoms with Crippen LogP contribution in [0.4, 0.5) is 5.82 Å². The number of aromatic nitrogens is 1. The predicted octanol–water partition coefficient (Wildman–Crippen LogP) is 2.17. The molecule has 1 saturated carbocycles. The number of pyridine rings is 1. The Bertz CT molecular complexity index is 749. The molecule has 1 unspecified atom stereocenters. The van der Waals surface area contributed by atoms with Crippen LogP contribution < -0.4 is 10.2 Å². The van der Waals surface area contributed by atoms with Crippen LogP contribution in [0.3, 0.4) is 0 Å². The first-order valence-corrected chi connectivity index (χ1v) is 9.05. The summed E-state index contributed by atoms with van der Waals surface area (Å²) in [5.74, 6) is 1.14. The number of nitrogens with one attached hydrogen (secondary N) is 1. The minimum absolute atomic E-state index is 0.0199. The van der Waals surface area contributed by atoms with Crippen molar-refractivity contribution in [1.29, 1.82) is 5.26 Å². The zero-order chi connectivity index (χ0) is 17.6. The highest BCUT2D eigenvalue weighted by Crippen LogP contribution is 2.52. The van der Waals surface area contributed by atoms with Gasteiger partial charge in [-0.3, -0.25) is 4.79 Å². The molecule has 1 N–H and O–H groups in total. The van der Waals surface area contributed by atoms with Crippen molar-refractivity contribution in [2.24, 2.45) is 11.3 Å². The SMILES string of the molecule is Cc1cc2c(nc1N1CCC(OC[C@@]3(C)CC3C#N)CC1)CNC2=O. The monoisotopic (exact) mass is 340 g/mol. The Morgan fingerprint density at radius 1 is 1.48 bits per heavy atom. The Morgan fingerprint density at radius 3 is 2.92 bits per heavy atom. The fourth-order valence-corrected chi connectivity index (χ4v) is 3.86. The van der Waals surface area contributed by atoms with Crippen LogP contribution >= 0.6 is 0 Å². The smallest absolute Gasteiger partial charge is 0.253 e. The Morgan fingerprint density at radius 2 is 2.24 bits per heavy atom. The summed E-state index contributed by atoms with van der Waals surface area (Å²) in [6.45, 7) is 7.21. The second-order valence-electron chi connectivity index (χ2n) is 7.84. The van der Waals surface area contributed by atoms with Gasteiger partial charge in [-0.15, -0.1) is 0 Å². The molecule has 0 spiro atoms. The van der Waals surface area contributed by atoms with Crippen molar-refractivity contribution >= 4 is 11.7 Å². The second kappa shape index (κ2) is 5.99. The van der Waals surface area contributed by atoms with Gasteiger partial charge in [0.25, 0.3) is 5.91 Å². The third-order valence-corrected chi connectivity index (χ3v) is 5.82. The Kier molecular flexibility index (Phi) is 3.92. The average molecular weight is 340 g/mol. The minimum atomic E-state index is -0.0199. The minimum Gasteiger partial charge on any atom is -0.377 e. The molecule has 0 aromatic carbocycles. The summed E-state index contributed by atoms with van der Waals surface area (Å²) < 4.78 is 6.09. The van der Waals surface area contributed by atoms with Crippen LogP contribution in [0.5, 0.6) is 0 Å². The lowest BCUT2D eigenvalue weighted by atomic mass is 10.0. The lowest BCUT2D eigenvalue weighted by Gasteiger charge is -2.34. The van der Waals surface area contributed by atoms with E-state index in [4.69, 9.17) is 15.0 Å². The summed E-state index contributed by atoms with van der Waals surface area (Å²) in [7, 11) is 0. The van der Waals surface area contributed by atoms with Gasteiger partial charge in [0.1, 0.15) is 5.82 Å². The van der Waals surface area contributed by atoms with Crippen molar-refractivity contribution in [3.05, 3.63) is 22.9 Å². The lowest BCUT2D eigenvalue weighted by Crippen LogP contribution is -2.38. The molecular formula is C19H24N4O2. The number of carbonyl (C=O) groups excluding carboxylic acids is 1. The molecule has 6 nitrogen and oxygen atoms in total. The first kappa shape index (κ1) is 16.3. The first-order valence-electron chi connectivity index (χ1n) is 9.05. The summed E-state index contributed by atoms with van der Waals surface area (Å²) in [5, 5.41) is 11.8. The van der Waals surface area contributed by atoms with E-state index in [-0.39, 0.29) is 23.3 Å². The molecule has 6 heteroatoms. The van der Waals surface area contributed by atoms with Gasteiger partial charge in [-0.05, 0) is 37.8 Å². The molecule has 1 aromatic heterocycles. The van der Waals surface area contributed by atoms with Crippen molar-refractivity contribution < 1.29 is 9.53 Å². The van der Waals surface area contributed by atoms with E-state index >= 15 is 0 Å². The zero-order valence-corrected chi connectivity index (χ0v) is 14.8. The molecule has 2 atom stereocenters. The number of carbonyl (C=O) groups is 1. The molecule has 2 aliphatic heterocycles. The quantitative estimate of drug-likeness (QED) is 0.909. The molecule has 1 aliphatic carbocycles. The number of piperidine rings is 1. The number of ether oxygens (including phenoxy) is 1. The third-order valence-electron chi connectivity index (χ3n) is 5.82. The maximum absolute atomic E-state index is 11.7. The van der Waals surface area contributed by atoms with Crippen molar-refractivity contribution in [2.75, 3.05) is 24.6 Å². The Labute approximate surface area is 148 Å². The number of anilines is 1. The van der Waals surface area contributed by atoms with E-state index in [1.54, 1.807) is 0 Å². The van der Waals surface area contributed by atoms with Crippen LogP contribution in [0.1, 0.15) is 47.8 Å². The van der Waals surface area contributed by atoms with Crippen molar-refractivity contribution in [3.8, 4) is 6.07 Å². The standard InChI is InChI=1S/C19H24N4O2/c1-12-7-15-16(10-21-18(15)24)22-17(12)23-5-3-14(4-6-23)25-11-19(2)8-13(19)9-20/h7,13-14H,3-6,8,10-11H2,1-2H3,(H,21,24)/t13?,19-/m1/s1. The molecule has 1 aromatic rings. The van der Waals surface area contributed by atoms with E-state index in [1.807, 2.05) is 13.0 Å². The summed E-state index contributed by atoms with van der Waals surface area (Å²) in [5.41, 5.74) is 2.69. The van der Waals surface area contributed by atoms with Crippen LogP contribution in [0, 0.1) is 29.6 Å². The third kappa shape index (κ3) is 2.98. The molecule has 3 aliphatic rings. The van der Waals surface area contributed by atoms with Gasteiger partial charge >= 0.3 is 0 Å². The molecule has 25 heavy (non-hydrogen) atoms. The number of amides is 1. The number of fused-ring (bicyclic) bond motifs is 1.